The first-order chi connectivity index (χ1) is 14.7. The summed E-state index contributed by atoms with van der Waals surface area (Å²) in [4.78, 5) is 31.1. The zero-order valence-corrected chi connectivity index (χ0v) is 19.4. The highest BCUT2D eigenvalue weighted by atomic mass is 32.1. The molecule has 0 bridgehead atoms. The summed E-state index contributed by atoms with van der Waals surface area (Å²) in [7, 11) is 1.75. The molecule has 3 rings (SSSR count). The number of hydrogen-bond donors (Lipinski definition) is 2. The third-order valence-corrected chi connectivity index (χ3v) is 5.60. The maximum Gasteiger partial charge on any atom is 0.238 e. The Hall–Kier alpha value is -3.03. The lowest BCUT2D eigenvalue weighted by Gasteiger charge is -2.18. The van der Waals surface area contributed by atoms with Crippen molar-refractivity contribution in [3.8, 4) is 11.3 Å². The van der Waals surface area contributed by atoms with Crippen LogP contribution < -0.4 is 10.6 Å². The number of carbonyl (C=O) groups excluding carboxylic acids is 2. The van der Waals surface area contributed by atoms with E-state index in [2.05, 4.69) is 15.6 Å². The molecule has 0 radical (unpaired) electrons. The smallest absolute Gasteiger partial charge is 0.238 e. The molecular weight excluding hydrogens is 408 g/mol. The van der Waals surface area contributed by atoms with E-state index in [0.29, 0.717) is 5.69 Å². The SMILES string of the molecule is Cc1cc(C)c(NC(=O)CN(C)CC(=O)Nc2cccc(-c3csc(C)n3)c2)c(C)c1. The maximum absolute atomic E-state index is 12.5. The number of amides is 2. The minimum absolute atomic E-state index is 0.110. The predicted molar refractivity (Wildman–Crippen MR) is 128 cm³/mol. The number of anilines is 2. The lowest BCUT2D eigenvalue weighted by atomic mass is 10.1. The first-order valence-electron chi connectivity index (χ1n) is 10.1. The van der Waals surface area contributed by atoms with Gasteiger partial charge in [0.1, 0.15) is 0 Å². The summed E-state index contributed by atoms with van der Waals surface area (Å²) in [6.45, 7) is 8.19. The summed E-state index contributed by atoms with van der Waals surface area (Å²) in [6, 6.07) is 11.7. The van der Waals surface area contributed by atoms with Crippen molar-refractivity contribution in [3.05, 3.63) is 63.5 Å². The second-order valence-corrected chi connectivity index (χ2v) is 8.94. The summed E-state index contributed by atoms with van der Waals surface area (Å²) in [5.74, 6) is -0.323. The Bertz CT molecular complexity index is 1080. The van der Waals surface area contributed by atoms with Gasteiger partial charge in [0, 0.05) is 22.3 Å². The van der Waals surface area contributed by atoms with E-state index in [0.717, 1.165) is 38.6 Å². The van der Waals surface area contributed by atoms with Crippen LogP contribution in [0.4, 0.5) is 11.4 Å². The van der Waals surface area contributed by atoms with Gasteiger partial charge in [0.15, 0.2) is 0 Å². The minimum Gasteiger partial charge on any atom is -0.325 e. The average molecular weight is 437 g/mol. The fraction of sp³-hybridized carbons (Fsp3) is 0.292. The summed E-state index contributed by atoms with van der Waals surface area (Å²) in [5.41, 5.74) is 6.62. The molecule has 0 saturated carbocycles. The number of aryl methyl sites for hydroxylation is 4. The van der Waals surface area contributed by atoms with Crippen molar-refractivity contribution in [2.24, 2.45) is 0 Å². The Morgan fingerprint density at radius 1 is 0.968 bits per heavy atom. The topological polar surface area (TPSA) is 74.3 Å². The minimum atomic E-state index is -0.176. The van der Waals surface area contributed by atoms with Crippen molar-refractivity contribution < 1.29 is 9.59 Å². The molecule has 0 aliphatic carbocycles. The van der Waals surface area contributed by atoms with E-state index in [-0.39, 0.29) is 24.9 Å². The predicted octanol–water partition coefficient (Wildman–Crippen LogP) is 4.55. The van der Waals surface area contributed by atoms with Crippen LogP contribution in [0.15, 0.2) is 41.8 Å². The number of aromatic nitrogens is 1. The molecule has 2 amide bonds. The van der Waals surface area contributed by atoms with Gasteiger partial charge in [-0.25, -0.2) is 4.98 Å². The fourth-order valence-electron chi connectivity index (χ4n) is 3.56. The van der Waals surface area contributed by atoms with Gasteiger partial charge in [0.05, 0.1) is 23.8 Å². The molecule has 1 heterocycles. The highest BCUT2D eigenvalue weighted by Gasteiger charge is 2.14. The van der Waals surface area contributed by atoms with Crippen LogP contribution in [0.3, 0.4) is 0 Å². The molecular formula is C24H28N4O2S. The maximum atomic E-state index is 12.5. The van der Waals surface area contributed by atoms with Gasteiger partial charge in [-0.2, -0.15) is 0 Å². The van der Waals surface area contributed by atoms with Gasteiger partial charge in [-0.05, 0) is 58.0 Å². The third-order valence-electron chi connectivity index (χ3n) is 4.83. The van der Waals surface area contributed by atoms with Crippen LogP contribution in [0.2, 0.25) is 0 Å². The number of carbonyl (C=O) groups is 2. The monoisotopic (exact) mass is 436 g/mol. The van der Waals surface area contributed by atoms with Crippen LogP contribution >= 0.6 is 11.3 Å². The summed E-state index contributed by atoms with van der Waals surface area (Å²) in [6.07, 6.45) is 0. The van der Waals surface area contributed by atoms with E-state index in [1.807, 2.05) is 69.5 Å². The average Bonchev–Trinajstić information content (AvgIpc) is 3.11. The Kier molecular flexibility index (Phi) is 7.20. The van der Waals surface area contributed by atoms with Crippen molar-refractivity contribution in [2.45, 2.75) is 27.7 Å². The largest absolute Gasteiger partial charge is 0.325 e. The second kappa shape index (κ2) is 9.85. The molecule has 0 aliphatic rings. The molecule has 3 aromatic rings. The van der Waals surface area contributed by atoms with Crippen molar-refractivity contribution in [1.82, 2.24) is 9.88 Å². The molecule has 31 heavy (non-hydrogen) atoms. The number of rotatable bonds is 7. The van der Waals surface area contributed by atoms with Crippen LogP contribution in [0, 0.1) is 27.7 Å². The Balaban J connectivity index is 1.54. The Labute approximate surface area is 187 Å². The molecule has 0 atom stereocenters. The fourth-order valence-corrected chi connectivity index (χ4v) is 4.18. The van der Waals surface area contributed by atoms with E-state index < -0.39 is 0 Å². The van der Waals surface area contributed by atoms with E-state index >= 15 is 0 Å². The molecule has 0 fully saturated rings. The van der Waals surface area contributed by atoms with Crippen LogP contribution in [0.5, 0.6) is 0 Å². The van der Waals surface area contributed by atoms with Gasteiger partial charge < -0.3 is 10.6 Å². The number of benzene rings is 2. The summed E-state index contributed by atoms with van der Waals surface area (Å²) >= 11 is 1.59. The van der Waals surface area contributed by atoms with Gasteiger partial charge in [0.2, 0.25) is 11.8 Å². The van der Waals surface area contributed by atoms with Crippen molar-refractivity contribution >= 4 is 34.5 Å². The molecule has 0 unspecified atom stereocenters. The lowest BCUT2D eigenvalue weighted by molar-refractivity contribution is -0.119. The van der Waals surface area contributed by atoms with Crippen LogP contribution in [0.1, 0.15) is 21.7 Å². The van der Waals surface area contributed by atoms with Gasteiger partial charge in [0.25, 0.3) is 0 Å². The Morgan fingerprint density at radius 2 is 1.61 bits per heavy atom. The second-order valence-electron chi connectivity index (χ2n) is 7.87. The van der Waals surface area contributed by atoms with E-state index in [4.69, 9.17) is 0 Å². The van der Waals surface area contributed by atoms with Gasteiger partial charge >= 0.3 is 0 Å². The van der Waals surface area contributed by atoms with Crippen LogP contribution in [0.25, 0.3) is 11.3 Å². The Morgan fingerprint density at radius 3 is 2.23 bits per heavy atom. The van der Waals surface area contributed by atoms with Gasteiger partial charge in [-0.15, -0.1) is 11.3 Å². The molecule has 0 aliphatic heterocycles. The third kappa shape index (κ3) is 6.23. The lowest BCUT2D eigenvalue weighted by Crippen LogP contribution is -2.36. The first kappa shape index (κ1) is 22.7. The zero-order valence-electron chi connectivity index (χ0n) is 18.6. The van der Waals surface area contributed by atoms with E-state index in [9.17, 15) is 9.59 Å². The van der Waals surface area contributed by atoms with Crippen molar-refractivity contribution in [2.75, 3.05) is 30.8 Å². The molecule has 1 aromatic heterocycles. The number of hydrogen-bond acceptors (Lipinski definition) is 5. The molecule has 2 N–H and O–H groups in total. The van der Waals surface area contributed by atoms with E-state index in [1.165, 1.54) is 0 Å². The molecule has 0 spiro atoms. The van der Waals surface area contributed by atoms with Gasteiger partial charge in [-0.3, -0.25) is 14.5 Å². The zero-order chi connectivity index (χ0) is 22.5. The molecule has 162 valence electrons. The first-order valence-corrected chi connectivity index (χ1v) is 11.0. The van der Waals surface area contributed by atoms with E-state index in [1.54, 1.807) is 23.3 Å². The number of nitrogens with one attached hydrogen (secondary N) is 2. The summed E-state index contributed by atoms with van der Waals surface area (Å²) < 4.78 is 0. The molecule has 6 nitrogen and oxygen atoms in total. The standard InChI is InChI=1S/C24H28N4O2S/c1-15-9-16(2)24(17(3)10-15)27-23(30)13-28(5)12-22(29)26-20-8-6-7-19(11-20)21-14-31-18(4)25-21/h6-11,14H,12-13H2,1-5H3,(H,26,29)(H,27,30). The van der Waals surface area contributed by atoms with Gasteiger partial charge in [-0.1, -0.05) is 29.8 Å². The highest BCUT2D eigenvalue weighted by molar-refractivity contribution is 7.09. The number of thiazole rings is 1. The number of likely N-dealkylation sites (N-methyl/N-ethyl adjacent to an activating group) is 1. The quantitative estimate of drug-likeness (QED) is 0.570. The molecule has 0 saturated heterocycles. The molecule has 7 heteroatoms. The summed E-state index contributed by atoms with van der Waals surface area (Å²) in [5, 5.41) is 8.87. The number of nitrogens with zero attached hydrogens (tertiary/aromatic N) is 2. The van der Waals surface area contributed by atoms with Crippen LogP contribution in [-0.2, 0) is 9.59 Å². The van der Waals surface area contributed by atoms with Crippen LogP contribution in [-0.4, -0.2) is 41.8 Å². The van der Waals surface area contributed by atoms with Crippen molar-refractivity contribution in [3.63, 3.8) is 0 Å². The normalized spacial score (nSPS) is 10.9. The molecule has 2 aromatic carbocycles. The highest BCUT2D eigenvalue weighted by Crippen LogP contribution is 2.24. The van der Waals surface area contributed by atoms with Crippen molar-refractivity contribution in [1.29, 1.82) is 0 Å².